The monoisotopic (exact) mass is 279 g/mol. The fourth-order valence-corrected chi connectivity index (χ4v) is 2.46. The van der Waals surface area contributed by atoms with Crippen LogP contribution < -0.4 is 10.1 Å². The maximum Gasteiger partial charge on any atom is 0.407 e. The summed E-state index contributed by atoms with van der Waals surface area (Å²) in [6.45, 7) is 2.85. The van der Waals surface area contributed by atoms with Gasteiger partial charge in [-0.05, 0) is 30.9 Å². The molecule has 1 saturated heterocycles. The van der Waals surface area contributed by atoms with Gasteiger partial charge in [-0.25, -0.2) is 9.78 Å². The molecule has 2 N–H and O–H groups in total. The van der Waals surface area contributed by atoms with Crippen LogP contribution in [0.15, 0.2) is 18.3 Å². The lowest BCUT2D eigenvalue weighted by Gasteiger charge is -2.30. The zero-order valence-electron chi connectivity index (χ0n) is 11.7. The second-order valence-electron chi connectivity index (χ2n) is 5.08. The third-order valence-corrected chi connectivity index (χ3v) is 3.56. The van der Waals surface area contributed by atoms with Gasteiger partial charge in [0.2, 0.25) is 5.88 Å². The molecule has 6 nitrogen and oxygen atoms in total. The molecule has 0 radical (unpaired) electrons. The number of ether oxygens (including phenoxy) is 1. The van der Waals surface area contributed by atoms with Crippen molar-refractivity contribution in [3.8, 4) is 5.88 Å². The Morgan fingerprint density at radius 2 is 2.45 bits per heavy atom. The van der Waals surface area contributed by atoms with E-state index < -0.39 is 6.09 Å². The van der Waals surface area contributed by atoms with Gasteiger partial charge in [0.15, 0.2) is 0 Å². The molecule has 2 heterocycles. The number of aromatic nitrogens is 1. The van der Waals surface area contributed by atoms with Gasteiger partial charge in [0.25, 0.3) is 0 Å². The average Bonchev–Trinajstić information content (AvgIpc) is 2.48. The highest BCUT2D eigenvalue weighted by atomic mass is 16.5. The highest BCUT2D eigenvalue weighted by Gasteiger charge is 2.22. The van der Waals surface area contributed by atoms with Crippen LogP contribution >= 0.6 is 0 Å². The van der Waals surface area contributed by atoms with Crippen LogP contribution in [0.1, 0.15) is 18.4 Å². The van der Waals surface area contributed by atoms with E-state index in [4.69, 9.17) is 9.84 Å². The molecule has 0 spiro atoms. The molecule has 0 saturated carbocycles. The molecule has 1 unspecified atom stereocenters. The molecule has 1 aliphatic rings. The molecule has 0 aromatic carbocycles. The normalized spacial score (nSPS) is 18.9. The quantitative estimate of drug-likeness (QED) is 0.855. The van der Waals surface area contributed by atoms with Crippen LogP contribution in [0.5, 0.6) is 5.88 Å². The molecule has 1 aromatic heterocycles. The highest BCUT2D eigenvalue weighted by molar-refractivity contribution is 5.65. The number of nitrogens with zero attached hydrogens (tertiary/aromatic N) is 2. The zero-order valence-corrected chi connectivity index (χ0v) is 11.7. The lowest BCUT2D eigenvalue weighted by Crippen LogP contribution is -2.42. The van der Waals surface area contributed by atoms with Crippen LogP contribution in [0.25, 0.3) is 0 Å². The van der Waals surface area contributed by atoms with E-state index >= 15 is 0 Å². The number of nitrogens with one attached hydrogen (secondary N) is 1. The first-order valence-corrected chi connectivity index (χ1v) is 6.86. The summed E-state index contributed by atoms with van der Waals surface area (Å²) in [5, 5.41) is 12.4. The van der Waals surface area contributed by atoms with Gasteiger partial charge < -0.3 is 20.1 Å². The predicted molar refractivity (Wildman–Crippen MR) is 74.8 cm³/mol. The average molecular weight is 279 g/mol. The van der Waals surface area contributed by atoms with Crippen LogP contribution in [-0.4, -0.2) is 47.8 Å². The van der Waals surface area contributed by atoms with Crippen molar-refractivity contribution >= 4 is 6.09 Å². The Balaban J connectivity index is 1.73. The first kappa shape index (κ1) is 14.6. The third kappa shape index (κ3) is 4.09. The molecule has 2 rings (SSSR count). The summed E-state index contributed by atoms with van der Waals surface area (Å²) in [6, 6.07) is 3.81. The van der Waals surface area contributed by atoms with Crippen molar-refractivity contribution in [1.29, 1.82) is 0 Å². The van der Waals surface area contributed by atoms with Crippen molar-refractivity contribution < 1.29 is 14.6 Å². The molecule has 1 aliphatic heterocycles. The lowest BCUT2D eigenvalue weighted by molar-refractivity contribution is 0.120. The largest absolute Gasteiger partial charge is 0.481 e. The Bertz CT molecular complexity index is 436. The van der Waals surface area contributed by atoms with E-state index in [0.29, 0.717) is 24.9 Å². The summed E-state index contributed by atoms with van der Waals surface area (Å²) in [5.74, 6) is 1.00. The summed E-state index contributed by atoms with van der Waals surface area (Å²) in [4.78, 5) is 16.6. The van der Waals surface area contributed by atoms with Crippen molar-refractivity contribution in [3.05, 3.63) is 23.9 Å². The molecule has 1 aromatic rings. The van der Waals surface area contributed by atoms with E-state index in [0.717, 1.165) is 31.5 Å². The van der Waals surface area contributed by atoms with Crippen LogP contribution in [0.2, 0.25) is 0 Å². The van der Waals surface area contributed by atoms with E-state index in [1.54, 1.807) is 13.3 Å². The van der Waals surface area contributed by atoms with Gasteiger partial charge >= 0.3 is 6.09 Å². The van der Waals surface area contributed by atoms with Crippen molar-refractivity contribution in [3.63, 3.8) is 0 Å². The van der Waals surface area contributed by atoms with Crippen molar-refractivity contribution in [2.45, 2.75) is 19.4 Å². The van der Waals surface area contributed by atoms with Gasteiger partial charge in [0.1, 0.15) is 0 Å². The number of amides is 1. The summed E-state index contributed by atoms with van der Waals surface area (Å²) in [5.41, 5.74) is 1.09. The van der Waals surface area contributed by atoms with Gasteiger partial charge in [0.05, 0.1) is 7.11 Å². The minimum Gasteiger partial charge on any atom is -0.481 e. The molecule has 1 atom stereocenters. The molecule has 0 aliphatic carbocycles. The third-order valence-electron chi connectivity index (χ3n) is 3.56. The first-order chi connectivity index (χ1) is 9.69. The SMILES string of the molecule is COc1ccc(CNCC2CCCN(C(=O)O)C2)cn1. The van der Waals surface area contributed by atoms with Crippen LogP contribution in [-0.2, 0) is 6.54 Å². The molecule has 20 heavy (non-hydrogen) atoms. The van der Waals surface area contributed by atoms with Crippen molar-refractivity contribution in [2.75, 3.05) is 26.7 Å². The highest BCUT2D eigenvalue weighted by Crippen LogP contribution is 2.16. The van der Waals surface area contributed by atoms with Gasteiger partial charge in [-0.15, -0.1) is 0 Å². The van der Waals surface area contributed by atoms with E-state index in [2.05, 4.69) is 10.3 Å². The van der Waals surface area contributed by atoms with E-state index in [-0.39, 0.29) is 0 Å². The van der Waals surface area contributed by atoms with Crippen molar-refractivity contribution in [1.82, 2.24) is 15.2 Å². The minimum absolute atomic E-state index is 0.394. The first-order valence-electron chi connectivity index (χ1n) is 6.86. The number of likely N-dealkylation sites (tertiary alicyclic amines) is 1. The molecule has 110 valence electrons. The predicted octanol–water partition coefficient (Wildman–Crippen LogP) is 1.57. The molecule has 0 bridgehead atoms. The van der Waals surface area contributed by atoms with Crippen LogP contribution in [0, 0.1) is 5.92 Å². The fraction of sp³-hybridized carbons (Fsp3) is 0.571. The van der Waals surface area contributed by atoms with Crippen molar-refractivity contribution in [2.24, 2.45) is 5.92 Å². The van der Waals surface area contributed by atoms with E-state index in [1.807, 2.05) is 12.1 Å². The lowest BCUT2D eigenvalue weighted by atomic mass is 9.98. The summed E-state index contributed by atoms with van der Waals surface area (Å²) in [6.07, 6.45) is 3.01. The standard InChI is InChI=1S/C14H21N3O3/c1-20-13-5-4-11(9-16-13)7-15-8-12-3-2-6-17(10-12)14(18)19/h4-5,9,12,15H,2-3,6-8,10H2,1H3,(H,18,19). The Kier molecular flexibility index (Phi) is 5.17. The number of piperidine rings is 1. The smallest absolute Gasteiger partial charge is 0.407 e. The number of pyridine rings is 1. The van der Waals surface area contributed by atoms with E-state index in [9.17, 15) is 4.79 Å². The summed E-state index contributed by atoms with van der Waals surface area (Å²) >= 11 is 0. The summed E-state index contributed by atoms with van der Waals surface area (Å²) < 4.78 is 5.01. The molecule has 1 amide bonds. The van der Waals surface area contributed by atoms with Crippen LogP contribution in [0.3, 0.4) is 0 Å². The molecular formula is C14H21N3O3. The topological polar surface area (TPSA) is 74.7 Å². The minimum atomic E-state index is -0.811. The van der Waals surface area contributed by atoms with Gasteiger partial charge in [-0.3, -0.25) is 0 Å². The zero-order chi connectivity index (χ0) is 14.4. The number of hydrogen-bond donors (Lipinski definition) is 2. The maximum absolute atomic E-state index is 10.9. The molecular weight excluding hydrogens is 258 g/mol. The fourth-order valence-electron chi connectivity index (χ4n) is 2.46. The Morgan fingerprint density at radius 3 is 3.10 bits per heavy atom. The Morgan fingerprint density at radius 1 is 1.60 bits per heavy atom. The Hall–Kier alpha value is -1.82. The number of hydrogen-bond acceptors (Lipinski definition) is 4. The maximum atomic E-state index is 10.9. The number of rotatable bonds is 5. The number of carboxylic acid groups (broad SMARTS) is 1. The van der Waals surface area contributed by atoms with E-state index in [1.165, 1.54) is 4.90 Å². The van der Waals surface area contributed by atoms with Crippen LogP contribution in [0.4, 0.5) is 4.79 Å². The Labute approximate surface area is 118 Å². The molecule has 6 heteroatoms. The number of methoxy groups -OCH3 is 1. The second kappa shape index (κ2) is 7.09. The van der Waals surface area contributed by atoms with Gasteiger partial charge in [-0.1, -0.05) is 6.07 Å². The van der Waals surface area contributed by atoms with Gasteiger partial charge in [0, 0.05) is 31.9 Å². The second-order valence-corrected chi connectivity index (χ2v) is 5.08. The molecule has 1 fully saturated rings. The van der Waals surface area contributed by atoms with Gasteiger partial charge in [-0.2, -0.15) is 0 Å². The number of carbonyl (C=O) groups is 1. The summed E-state index contributed by atoms with van der Waals surface area (Å²) in [7, 11) is 1.59.